The number of nitrogens with zero attached hydrogens (tertiary/aromatic N) is 3. The quantitative estimate of drug-likeness (QED) is 0.801. The maximum Gasteiger partial charge on any atom is 0.153 e. The first-order valence-electron chi connectivity index (χ1n) is 6.00. The van der Waals surface area contributed by atoms with E-state index in [1.54, 1.807) is 12.5 Å². The third-order valence-corrected chi connectivity index (χ3v) is 3.60. The standard InChI is InChI=1S/C13H14F2N4/c1-18-5-8-4-17-7-19(8)6-11(18)12-9(14)2-3-10(16)13(12)15/h2-4,7,11H,5-6,16H2,1H3. The molecule has 1 aromatic carbocycles. The van der Waals surface area contributed by atoms with Gasteiger partial charge in [0.25, 0.3) is 0 Å². The summed E-state index contributed by atoms with van der Waals surface area (Å²) in [6.07, 6.45) is 3.44. The lowest BCUT2D eigenvalue weighted by molar-refractivity contribution is 0.170. The van der Waals surface area contributed by atoms with Gasteiger partial charge in [0.05, 0.1) is 23.8 Å². The summed E-state index contributed by atoms with van der Waals surface area (Å²) in [6.45, 7) is 1.06. The number of benzene rings is 1. The zero-order valence-electron chi connectivity index (χ0n) is 10.5. The Kier molecular flexibility index (Phi) is 2.74. The van der Waals surface area contributed by atoms with Crippen molar-refractivity contribution in [1.29, 1.82) is 0 Å². The molecule has 1 aromatic heterocycles. The van der Waals surface area contributed by atoms with Crippen LogP contribution in [0.1, 0.15) is 17.3 Å². The number of imidazole rings is 1. The van der Waals surface area contributed by atoms with Crippen molar-refractivity contribution in [2.24, 2.45) is 0 Å². The summed E-state index contributed by atoms with van der Waals surface area (Å²) in [5, 5.41) is 0. The van der Waals surface area contributed by atoms with Crippen molar-refractivity contribution >= 4 is 5.69 Å². The highest BCUT2D eigenvalue weighted by atomic mass is 19.1. The molecule has 100 valence electrons. The lowest BCUT2D eigenvalue weighted by atomic mass is 10.0. The van der Waals surface area contributed by atoms with E-state index in [9.17, 15) is 8.78 Å². The minimum absolute atomic E-state index is 0.0266. The van der Waals surface area contributed by atoms with Gasteiger partial charge in [-0.1, -0.05) is 0 Å². The average molecular weight is 264 g/mol. The zero-order valence-corrected chi connectivity index (χ0v) is 10.5. The van der Waals surface area contributed by atoms with Gasteiger partial charge in [-0.3, -0.25) is 4.90 Å². The molecular formula is C13H14F2N4. The van der Waals surface area contributed by atoms with Gasteiger partial charge in [0, 0.05) is 24.8 Å². The predicted molar refractivity (Wildman–Crippen MR) is 67.2 cm³/mol. The average Bonchev–Trinajstić information content (AvgIpc) is 2.81. The van der Waals surface area contributed by atoms with E-state index in [-0.39, 0.29) is 17.3 Å². The highest BCUT2D eigenvalue weighted by molar-refractivity contribution is 5.45. The molecule has 0 bridgehead atoms. The molecule has 2 N–H and O–H groups in total. The van der Waals surface area contributed by atoms with Gasteiger partial charge in [-0.05, 0) is 19.2 Å². The van der Waals surface area contributed by atoms with Gasteiger partial charge in [-0.2, -0.15) is 0 Å². The first-order chi connectivity index (χ1) is 9.08. The number of likely N-dealkylation sites (N-methyl/N-ethyl adjacent to an activating group) is 1. The fourth-order valence-electron chi connectivity index (χ4n) is 2.54. The lowest BCUT2D eigenvalue weighted by Gasteiger charge is -2.34. The van der Waals surface area contributed by atoms with Crippen molar-refractivity contribution < 1.29 is 8.78 Å². The Hall–Kier alpha value is -1.95. The number of anilines is 1. The highest BCUT2D eigenvalue weighted by Gasteiger charge is 2.30. The van der Waals surface area contributed by atoms with Crippen molar-refractivity contribution in [2.75, 3.05) is 12.8 Å². The molecule has 1 aliphatic heterocycles. The first-order valence-corrected chi connectivity index (χ1v) is 6.00. The van der Waals surface area contributed by atoms with E-state index in [1.165, 1.54) is 12.1 Å². The predicted octanol–water partition coefficient (Wildman–Crippen LogP) is 1.93. The molecule has 19 heavy (non-hydrogen) atoms. The summed E-state index contributed by atoms with van der Waals surface area (Å²) >= 11 is 0. The Balaban J connectivity index is 2.06. The van der Waals surface area contributed by atoms with E-state index in [4.69, 9.17) is 5.73 Å². The molecule has 0 saturated heterocycles. The van der Waals surface area contributed by atoms with Crippen LogP contribution in [0.15, 0.2) is 24.7 Å². The summed E-state index contributed by atoms with van der Waals surface area (Å²) < 4.78 is 30.0. The van der Waals surface area contributed by atoms with Crippen LogP contribution in [-0.2, 0) is 13.1 Å². The second-order valence-corrected chi connectivity index (χ2v) is 4.83. The number of rotatable bonds is 1. The van der Waals surface area contributed by atoms with Crippen molar-refractivity contribution in [1.82, 2.24) is 14.5 Å². The molecule has 0 spiro atoms. The van der Waals surface area contributed by atoms with Crippen LogP contribution in [0.5, 0.6) is 0 Å². The minimum atomic E-state index is -0.666. The van der Waals surface area contributed by atoms with Crippen LogP contribution in [0, 0.1) is 11.6 Å². The van der Waals surface area contributed by atoms with E-state index in [0.29, 0.717) is 13.1 Å². The molecule has 6 heteroatoms. The number of hydrogen-bond donors (Lipinski definition) is 1. The van der Waals surface area contributed by atoms with Gasteiger partial charge < -0.3 is 10.3 Å². The molecule has 0 saturated carbocycles. The first kappa shape index (κ1) is 12.1. The summed E-state index contributed by atoms with van der Waals surface area (Å²) in [5.74, 6) is -1.23. The van der Waals surface area contributed by atoms with Crippen LogP contribution >= 0.6 is 0 Å². The highest BCUT2D eigenvalue weighted by Crippen LogP contribution is 2.33. The Bertz CT molecular complexity index is 623. The molecule has 0 fully saturated rings. The van der Waals surface area contributed by atoms with E-state index < -0.39 is 11.6 Å². The molecule has 2 heterocycles. The van der Waals surface area contributed by atoms with Gasteiger partial charge in [-0.25, -0.2) is 13.8 Å². The number of hydrogen-bond acceptors (Lipinski definition) is 3. The summed E-state index contributed by atoms with van der Waals surface area (Å²) in [5.41, 5.74) is 6.57. The number of fused-ring (bicyclic) bond motifs is 1. The Morgan fingerprint density at radius 2 is 2.16 bits per heavy atom. The van der Waals surface area contributed by atoms with Crippen LogP contribution in [0.4, 0.5) is 14.5 Å². The van der Waals surface area contributed by atoms with Crippen LogP contribution in [0.3, 0.4) is 0 Å². The van der Waals surface area contributed by atoms with Crippen molar-refractivity contribution in [3.63, 3.8) is 0 Å². The largest absolute Gasteiger partial charge is 0.396 e. The Morgan fingerprint density at radius 1 is 1.37 bits per heavy atom. The fraction of sp³-hybridized carbons (Fsp3) is 0.308. The monoisotopic (exact) mass is 264 g/mol. The zero-order chi connectivity index (χ0) is 13.6. The summed E-state index contributed by atoms with van der Waals surface area (Å²) in [7, 11) is 1.84. The topological polar surface area (TPSA) is 47.1 Å². The van der Waals surface area contributed by atoms with E-state index >= 15 is 0 Å². The fourth-order valence-corrected chi connectivity index (χ4v) is 2.54. The minimum Gasteiger partial charge on any atom is -0.396 e. The van der Waals surface area contributed by atoms with Crippen molar-refractivity contribution in [2.45, 2.75) is 19.1 Å². The normalized spacial score (nSPS) is 19.4. The number of nitrogen functional groups attached to an aromatic ring is 1. The van der Waals surface area contributed by atoms with E-state index in [2.05, 4.69) is 4.98 Å². The molecule has 3 rings (SSSR count). The third kappa shape index (κ3) is 1.88. The lowest BCUT2D eigenvalue weighted by Crippen LogP contribution is -2.34. The van der Waals surface area contributed by atoms with Crippen LogP contribution < -0.4 is 5.73 Å². The molecule has 0 amide bonds. The smallest absolute Gasteiger partial charge is 0.153 e. The maximum absolute atomic E-state index is 14.1. The number of aromatic nitrogens is 2. The van der Waals surface area contributed by atoms with Crippen molar-refractivity contribution in [3.8, 4) is 0 Å². The number of nitrogens with two attached hydrogens (primary N) is 1. The van der Waals surface area contributed by atoms with E-state index in [0.717, 1.165) is 5.69 Å². The van der Waals surface area contributed by atoms with Gasteiger partial charge in [0.2, 0.25) is 0 Å². The molecule has 1 aliphatic rings. The van der Waals surface area contributed by atoms with Gasteiger partial charge in [-0.15, -0.1) is 0 Å². The number of halogens is 2. The second kappa shape index (κ2) is 4.31. The van der Waals surface area contributed by atoms with Gasteiger partial charge >= 0.3 is 0 Å². The molecule has 1 unspecified atom stereocenters. The SMILES string of the molecule is CN1Cc2cncn2CC1c1c(F)ccc(N)c1F. The van der Waals surface area contributed by atoms with Crippen LogP contribution in [0.2, 0.25) is 0 Å². The van der Waals surface area contributed by atoms with Crippen molar-refractivity contribution in [3.05, 3.63) is 47.5 Å². The van der Waals surface area contributed by atoms with E-state index in [1.807, 2.05) is 16.5 Å². The Morgan fingerprint density at radius 3 is 2.95 bits per heavy atom. The van der Waals surface area contributed by atoms with Crippen LogP contribution in [-0.4, -0.2) is 21.5 Å². The molecular weight excluding hydrogens is 250 g/mol. The Labute approximate surface area is 109 Å². The van der Waals surface area contributed by atoms with Crippen LogP contribution in [0.25, 0.3) is 0 Å². The molecule has 2 aromatic rings. The molecule has 1 atom stereocenters. The summed E-state index contributed by atoms with van der Waals surface area (Å²) in [4.78, 5) is 5.95. The maximum atomic E-state index is 14.1. The third-order valence-electron chi connectivity index (χ3n) is 3.60. The summed E-state index contributed by atoms with van der Waals surface area (Å²) in [6, 6.07) is 2.08. The second-order valence-electron chi connectivity index (χ2n) is 4.83. The molecule has 0 radical (unpaired) electrons. The van der Waals surface area contributed by atoms with Gasteiger partial charge in [0.15, 0.2) is 5.82 Å². The molecule has 0 aliphatic carbocycles. The molecule has 4 nitrogen and oxygen atoms in total. The van der Waals surface area contributed by atoms with Gasteiger partial charge in [0.1, 0.15) is 5.82 Å².